The summed E-state index contributed by atoms with van der Waals surface area (Å²) in [6.07, 6.45) is 0. The highest BCUT2D eigenvalue weighted by Crippen LogP contribution is 2.42. The SMILES string of the molecule is Nc1onc(-c2c(Cl)cccc2Cl)c1-c1ccc(Cl)cc1. The number of rotatable bonds is 2. The van der Waals surface area contributed by atoms with Crippen molar-refractivity contribution in [1.82, 2.24) is 5.16 Å². The van der Waals surface area contributed by atoms with Crippen molar-refractivity contribution in [3.63, 3.8) is 0 Å². The molecule has 1 heterocycles. The standard InChI is InChI=1S/C15H9Cl3N2O/c16-9-6-4-8(5-7-9)12-14(20-21-15(12)19)13-10(17)2-1-3-11(13)18/h1-7H,19H2. The van der Waals surface area contributed by atoms with Gasteiger partial charge in [0.15, 0.2) is 0 Å². The van der Waals surface area contributed by atoms with Gasteiger partial charge in [-0.1, -0.05) is 58.2 Å². The van der Waals surface area contributed by atoms with Gasteiger partial charge in [0.1, 0.15) is 5.69 Å². The van der Waals surface area contributed by atoms with Crippen molar-refractivity contribution in [2.45, 2.75) is 0 Å². The smallest absolute Gasteiger partial charge is 0.230 e. The fourth-order valence-corrected chi connectivity index (χ4v) is 2.80. The second kappa shape index (κ2) is 5.60. The third-order valence-electron chi connectivity index (χ3n) is 3.05. The molecule has 3 nitrogen and oxygen atoms in total. The number of hydrogen-bond acceptors (Lipinski definition) is 3. The van der Waals surface area contributed by atoms with E-state index in [0.717, 1.165) is 5.56 Å². The van der Waals surface area contributed by atoms with Crippen LogP contribution in [0.15, 0.2) is 47.0 Å². The minimum Gasteiger partial charge on any atom is -0.367 e. The number of nitrogen functional groups attached to an aromatic ring is 1. The van der Waals surface area contributed by atoms with Crippen molar-refractivity contribution in [2.24, 2.45) is 0 Å². The molecule has 0 unspecified atom stereocenters. The van der Waals surface area contributed by atoms with Crippen molar-refractivity contribution in [2.75, 3.05) is 5.73 Å². The molecule has 2 aromatic carbocycles. The van der Waals surface area contributed by atoms with Crippen LogP contribution in [0, 0.1) is 0 Å². The van der Waals surface area contributed by atoms with Crippen LogP contribution in [0.25, 0.3) is 22.4 Å². The molecule has 2 N–H and O–H groups in total. The largest absolute Gasteiger partial charge is 0.367 e. The number of halogens is 3. The van der Waals surface area contributed by atoms with E-state index in [4.69, 9.17) is 45.1 Å². The van der Waals surface area contributed by atoms with Gasteiger partial charge >= 0.3 is 0 Å². The van der Waals surface area contributed by atoms with Gasteiger partial charge in [-0.15, -0.1) is 0 Å². The summed E-state index contributed by atoms with van der Waals surface area (Å²) in [6.45, 7) is 0. The molecule has 106 valence electrons. The van der Waals surface area contributed by atoms with E-state index in [0.29, 0.717) is 31.9 Å². The van der Waals surface area contributed by atoms with E-state index in [1.165, 1.54) is 0 Å². The zero-order valence-corrected chi connectivity index (χ0v) is 12.9. The van der Waals surface area contributed by atoms with Crippen LogP contribution in [-0.4, -0.2) is 5.16 Å². The third-order valence-corrected chi connectivity index (χ3v) is 3.93. The molecule has 0 atom stereocenters. The monoisotopic (exact) mass is 338 g/mol. The van der Waals surface area contributed by atoms with Crippen LogP contribution in [0.2, 0.25) is 15.1 Å². The Bertz CT molecular complexity index is 777. The molecule has 0 fully saturated rings. The Morgan fingerprint density at radius 1 is 0.857 bits per heavy atom. The predicted molar refractivity (Wildman–Crippen MR) is 86.8 cm³/mol. The summed E-state index contributed by atoms with van der Waals surface area (Å²) in [5, 5.41) is 5.59. The van der Waals surface area contributed by atoms with Crippen LogP contribution in [0.1, 0.15) is 0 Å². The average Bonchev–Trinajstić information content (AvgIpc) is 2.82. The van der Waals surface area contributed by atoms with Crippen LogP contribution >= 0.6 is 34.8 Å². The van der Waals surface area contributed by atoms with E-state index < -0.39 is 0 Å². The van der Waals surface area contributed by atoms with E-state index in [1.807, 2.05) is 12.1 Å². The van der Waals surface area contributed by atoms with Gasteiger partial charge in [-0.25, -0.2) is 0 Å². The van der Waals surface area contributed by atoms with Crippen molar-refractivity contribution in [3.05, 3.63) is 57.5 Å². The van der Waals surface area contributed by atoms with E-state index in [1.54, 1.807) is 30.3 Å². The van der Waals surface area contributed by atoms with Crippen LogP contribution < -0.4 is 5.73 Å². The number of nitrogens with two attached hydrogens (primary N) is 1. The summed E-state index contributed by atoms with van der Waals surface area (Å²) in [7, 11) is 0. The Kier molecular flexibility index (Phi) is 3.81. The first-order valence-corrected chi connectivity index (χ1v) is 7.17. The molecule has 21 heavy (non-hydrogen) atoms. The first-order chi connectivity index (χ1) is 10.1. The van der Waals surface area contributed by atoms with Gasteiger partial charge in [-0.2, -0.15) is 0 Å². The van der Waals surface area contributed by atoms with Gasteiger partial charge in [-0.3, -0.25) is 0 Å². The molecule has 3 rings (SSSR count). The minimum absolute atomic E-state index is 0.198. The van der Waals surface area contributed by atoms with Crippen molar-refractivity contribution < 1.29 is 4.52 Å². The highest BCUT2D eigenvalue weighted by atomic mass is 35.5. The highest BCUT2D eigenvalue weighted by molar-refractivity contribution is 6.39. The molecule has 1 aromatic heterocycles. The zero-order valence-electron chi connectivity index (χ0n) is 10.6. The first kappa shape index (κ1) is 14.3. The quantitative estimate of drug-likeness (QED) is 0.666. The number of hydrogen-bond donors (Lipinski definition) is 1. The molecule has 0 aliphatic heterocycles. The second-order valence-electron chi connectivity index (χ2n) is 4.37. The van der Waals surface area contributed by atoms with Gasteiger partial charge in [0.05, 0.1) is 15.6 Å². The summed E-state index contributed by atoms with van der Waals surface area (Å²) in [6, 6.07) is 12.4. The summed E-state index contributed by atoms with van der Waals surface area (Å²) in [5.41, 5.74) is 8.46. The summed E-state index contributed by atoms with van der Waals surface area (Å²) in [4.78, 5) is 0. The van der Waals surface area contributed by atoms with E-state index >= 15 is 0 Å². The maximum Gasteiger partial charge on any atom is 0.230 e. The Hall–Kier alpha value is -1.68. The molecule has 0 aliphatic carbocycles. The van der Waals surface area contributed by atoms with E-state index in [9.17, 15) is 0 Å². The molecule has 0 saturated heterocycles. The fourth-order valence-electron chi connectivity index (χ4n) is 2.09. The lowest BCUT2D eigenvalue weighted by molar-refractivity contribution is 0.439. The molecule has 0 bridgehead atoms. The zero-order chi connectivity index (χ0) is 15.0. The maximum atomic E-state index is 6.23. The molecule has 6 heteroatoms. The normalized spacial score (nSPS) is 10.8. The number of nitrogens with zero attached hydrogens (tertiary/aromatic N) is 1. The lowest BCUT2D eigenvalue weighted by Crippen LogP contribution is -1.89. The molecular formula is C15H9Cl3N2O. The maximum absolute atomic E-state index is 6.23. The number of anilines is 1. The van der Waals surface area contributed by atoms with Gasteiger partial charge in [-0.05, 0) is 29.8 Å². The van der Waals surface area contributed by atoms with Crippen molar-refractivity contribution >= 4 is 40.7 Å². The van der Waals surface area contributed by atoms with Crippen LogP contribution in [0.3, 0.4) is 0 Å². The molecule has 0 saturated carbocycles. The van der Waals surface area contributed by atoms with Gasteiger partial charge in [0.25, 0.3) is 0 Å². The fraction of sp³-hybridized carbons (Fsp3) is 0. The lowest BCUT2D eigenvalue weighted by Gasteiger charge is -2.06. The second-order valence-corrected chi connectivity index (χ2v) is 5.62. The molecule has 0 amide bonds. The Morgan fingerprint density at radius 2 is 1.48 bits per heavy atom. The van der Waals surface area contributed by atoms with Crippen LogP contribution in [0.4, 0.5) is 5.88 Å². The molecule has 0 aliphatic rings. The lowest BCUT2D eigenvalue weighted by atomic mass is 10.0. The number of benzene rings is 2. The number of aromatic nitrogens is 1. The third kappa shape index (κ3) is 2.60. The molecule has 0 radical (unpaired) electrons. The average molecular weight is 340 g/mol. The Morgan fingerprint density at radius 3 is 2.10 bits per heavy atom. The van der Waals surface area contributed by atoms with Crippen molar-refractivity contribution in [3.8, 4) is 22.4 Å². The highest BCUT2D eigenvalue weighted by Gasteiger charge is 2.21. The summed E-state index contributed by atoms with van der Waals surface area (Å²) < 4.78 is 5.12. The van der Waals surface area contributed by atoms with E-state index in [2.05, 4.69) is 5.16 Å². The van der Waals surface area contributed by atoms with E-state index in [-0.39, 0.29) is 5.88 Å². The summed E-state index contributed by atoms with van der Waals surface area (Å²) in [5.74, 6) is 0.198. The van der Waals surface area contributed by atoms with Gasteiger partial charge in [0.2, 0.25) is 5.88 Å². The first-order valence-electron chi connectivity index (χ1n) is 6.03. The van der Waals surface area contributed by atoms with Gasteiger partial charge in [0, 0.05) is 10.6 Å². The minimum atomic E-state index is 0.198. The molecule has 3 aromatic rings. The molecule has 0 spiro atoms. The topological polar surface area (TPSA) is 52.0 Å². The van der Waals surface area contributed by atoms with Crippen LogP contribution in [0.5, 0.6) is 0 Å². The Labute approximate surface area is 136 Å². The Balaban J connectivity index is 2.24. The van der Waals surface area contributed by atoms with Gasteiger partial charge < -0.3 is 10.3 Å². The summed E-state index contributed by atoms with van der Waals surface area (Å²) >= 11 is 18.4. The van der Waals surface area contributed by atoms with Crippen molar-refractivity contribution in [1.29, 1.82) is 0 Å². The molecular weight excluding hydrogens is 331 g/mol. The predicted octanol–water partition coefficient (Wildman–Crippen LogP) is 5.55. The van der Waals surface area contributed by atoms with Crippen LogP contribution in [-0.2, 0) is 0 Å².